The summed E-state index contributed by atoms with van der Waals surface area (Å²) < 4.78 is 126. The maximum absolute atomic E-state index is 14.6. The highest BCUT2D eigenvalue weighted by molar-refractivity contribution is 5.97. The van der Waals surface area contributed by atoms with Gasteiger partial charge in [0.1, 0.15) is 46.9 Å². The minimum absolute atomic E-state index is 0.0115. The number of rotatable bonds is 47. The van der Waals surface area contributed by atoms with Gasteiger partial charge in [0.15, 0.2) is 18.3 Å². The van der Waals surface area contributed by atoms with Gasteiger partial charge in [-0.05, 0) is 45.4 Å². The molecule has 0 bridgehead atoms. The maximum Gasteiger partial charge on any atom is 0.407 e. The molecule has 0 aliphatic carbocycles. The van der Waals surface area contributed by atoms with E-state index in [1.165, 1.54) is 0 Å². The molecule has 3 saturated heterocycles. The molecule has 3 aliphatic rings. The van der Waals surface area contributed by atoms with Crippen molar-refractivity contribution < 1.29 is 157 Å². The molecule has 0 unspecified atom stereocenters. The number of aliphatic hydroxyl groups excluding tert-OH is 6. The van der Waals surface area contributed by atoms with E-state index in [0.29, 0.717) is 13.7 Å². The number of halogens is 6. The van der Waals surface area contributed by atoms with E-state index in [4.69, 9.17) is 33.2 Å². The fraction of sp³-hybridized carbons (Fsp3) is 0.612. The van der Waals surface area contributed by atoms with Crippen molar-refractivity contribution in [1.82, 2.24) is 87.1 Å². The third-order valence-corrected chi connectivity index (χ3v) is 17.0. The van der Waals surface area contributed by atoms with Gasteiger partial charge < -0.3 is 138 Å². The quantitative estimate of drug-likeness (QED) is 0.0184. The molecule has 6 heterocycles. The summed E-state index contributed by atoms with van der Waals surface area (Å²) in [5.41, 5.74) is -6.77. The van der Waals surface area contributed by atoms with E-state index in [0.717, 1.165) is 36.8 Å². The van der Waals surface area contributed by atoms with Crippen molar-refractivity contribution in [3.8, 4) is 0 Å². The Bertz CT molecular complexity index is 4050. The van der Waals surface area contributed by atoms with Gasteiger partial charge in [-0.1, -0.05) is 0 Å². The molecular weight excluding hydrogens is 1680 g/mol. The molecule has 3 fully saturated rings. The van der Waals surface area contributed by atoms with Crippen LogP contribution in [0.15, 0.2) is 51.2 Å². The lowest BCUT2D eigenvalue weighted by molar-refractivity contribution is -0.141. The Labute approximate surface area is 689 Å². The zero-order valence-electron chi connectivity index (χ0n) is 65.6. The molecule has 0 aromatic carbocycles. The van der Waals surface area contributed by atoms with Crippen LogP contribution in [0.5, 0.6) is 0 Å². The molecule has 14 amide bonds. The average Bonchev–Trinajstić information content (AvgIpc) is 1.63. The molecule has 20 N–H and O–H groups in total. The highest BCUT2D eigenvalue weighted by Gasteiger charge is 2.62. The Morgan fingerprint density at radius 1 is 0.398 bits per heavy atom. The average molecular weight is 1770 g/mol. The number of amides is 14. The number of alkyl halides is 6. The van der Waals surface area contributed by atoms with E-state index in [1.54, 1.807) is 20.8 Å². The summed E-state index contributed by atoms with van der Waals surface area (Å²) in [4.78, 5) is 226. The molecule has 9 atom stereocenters. The van der Waals surface area contributed by atoms with Gasteiger partial charge in [-0.3, -0.25) is 76.0 Å². The summed E-state index contributed by atoms with van der Waals surface area (Å²) in [6.45, 7) is -8.28. The number of aromatic nitrogens is 6. The van der Waals surface area contributed by atoms with E-state index < -0.39 is 339 Å². The first-order valence-corrected chi connectivity index (χ1v) is 37.0. The Kier molecular flexibility index (Phi) is 37.7. The smallest absolute Gasteiger partial charge is 0.407 e. The van der Waals surface area contributed by atoms with Crippen LogP contribution >= 0.6 is 0 Å². The van der Waals surface area contributed by atoms with Crippen LogP contribution in [0.2, 0.25) is 0 Å². The van der Waals surface area contributed by atoms with Gasteiger partial charge >= 0.3 is 40.9 Å². The van der Waals surface area contributed by atoms with Crippen LogP contribution < -0.4 is 91.5 Å². The highest BCUT2D eigenvalue weighted by Crippen LogP contribution is 2.44. The number of hydrogen-bond acceptors (Lipinski definition) is 33. The normalized spacial score (nSPS) is 19.8. The summed E-state index contributed by atoms with van der Waals surface area (Å²) in [7, 11) is 0. The van der Waals surface area contributed by atoms with Crippen LogP contribution in [0.3, 0.4) is 0 Å². The van der Waals surface area contributed by atoms with Crippen molar-refractivity contribution in [2.45, 2.75) is 137 Å². The van der Waals surface area contributed by atoms with E-state index in [2.05, 4.69) is 89.4 Å². The molecule has 3 aromatic heterocycles. The monoisotopic (exact) mass is 1770 g/mol. The van der Waals surface area contributed by atoms with E-state index in [9.17, 15) is 138 Å². The second kappa shape index (κ2) is 46.4. The van der Waals surface area contributed by atoms with Crippen LogP contribution in [0.25, 0.3) is 0 Å². The van der Waals surface area contributed by atoms with E-state index in [1.807, 2.05) is 0 Å². The summed E-state index contributed by atoms with van der Waals surface area (Å²) >= 11 is 0. The van der Waals surface area contributed by atoms with Crippen LogP contribution in [0.1, 0.15) is 71.6 Å². The molecule has 123 heavy (non-hydrogen) atoms. The predicted molar refractivity (Wildman–Crippen MR) is 395 cm³/mol. The van der Waals surface area contributed by atoms with Crippen LogP contribution in [0, 0.1) is 0 Å². The minimum Gasteiger partial charge on any atom is -0.444 e. The molecule has 3 aromatic rings. The lowest BCUT2D eigenvalue weighted by Gasteiger charge is -2.34. The number of hydrogen-bond donors (Lipinski definition) is 20. The van der Waals surface area contributed by atoms with Crippen LogP contribution in [-0.2, 0) is 95.5 Å². The van der Waals surface area contributed by atoms with Crippen molar-refractivity contribution in [3.63, 3.8) is 0 Å². The fourth-order valence-corrected chi connectivity index (χ4v) is 10.8. The molecule has 3 aliphatic heterocycles. The Hall–Kier alpha value is -11.9. The molecular formula is C67H92F6N20O30. The molecule has 0 radical (unpaired) electrons. The first kappa shape index (κ1) is 99.9. The summed E-state index contributed by atoms with van der Waals surface area (Å²) in [6, 6.07) is 2.76. The standard InChI is InChI=1S/C67H92F6N20O30/c1-63(2,3)123-62(116)74-12-4-5-43(100)90-64(31-117-16-9-40(97)75-19-44(101)78-22-47(104)81-25-50(107)84-37-6-13-91(59(113)87-37)56-65(68,69)53(110)34(28-94)120-56,32-118-17-10-41(98)76-20-45(102)79-23-48(105)82-26-51(108)85-38-7-14-92(60(114)88-38)57-66(70,71)54(111)35(29-95)121-57)33-119-18-11-42(99)77-21-46(103)80-24-49(106)83-27-52(109)86-39-8-15-93(61(115)89-39)58-67(72,73)55(112)36(30-96)122-58/h6-8,13-15,34-36,53-58,94-96,110-112H,4-5,9-12,16-33H2,1-3H3,(H,74,116)(H,75,97)(H,76,98)(H,77,99)(H,78,101)(H,79,102)(H,80,103)(H,81,104)(H,82,105)(H,83,106)(H,90,100)(H,84,87,107,113)(H,85,88,108,114)(H,86,89,109,115)/t34-,35-,36-,53-,54-,55-,56-,57-,58-/m1/s1. The van der Waals surface area contributed by atoms with Gasteiger partial charge in [-0.2, -0.15) is 41.3 Å². The first-order chi connectivity index (χ1) is 57.9. The number of carbonyl (C=O) groups is 14. The molecule has 682 valence electrons. The predicted octanol–water partition coefficient (Wildman–Crippen LogP) is -10.3. The molecule has 0 saturated carbocycles. The zero-order valence-corrected chi connectivity index (χ0v) is 65.6. The van der Waals surface area contributed by atoms with Crippen molar-refractivity contribution in [3.05, 3.63) is 68.2 Å². The Morgan fingerprint density at radius 3 is 0.902 bits per heavy atom. The largest absolute Gasteiger partial charge is 0.444 e. The minimum atomic E-state index is -4.02. The number of nitrogens with one attached hydrogen (secondary N) is 14. The number of ether oxygens (including phenoxy) is 7. The van der Waals surface area contributed by atoms with Gasteiger partial charge in [0, 0.05) is 50.8 Å². The van der Waals surface area contributed by atoms with Gasteiger partial charge in [0.2, 0.25) is 95.5 Å². The number of nitrogens with zero attached hydrogens (tertiary/aromatic N) is 6. The van der Waals surface area contributed by atoms with Gasteiger partial charge in [0.05, 0.1) is 118 Å². The first-order valence-electron chi connectivity index (χ1n) is 37.0. The summed E-state index contributed by atoms with van der Waals surface area (Å²) in [6.07, 6.45) is -20.0. The number of aliphatic hydroxyl groups is 6. The number of anilines is 3. The van der Waals surface area contributed by atoms with Crippen molar-refractivity contribution in [2.24, 2.45) is 0 Å². The van der Waals surface area contributed by atoms with Crippen molar-refractivity contribution >= 4 is 100 Å². The van der Waals surface area contributed by atoms with Crippen LogP contribution in [-0.4, -0.2) is 333 Å². The highest BCUT2D eigenvalue weighted by atomic mass is 19.3. The van der Waals surface area contributed by atoms with E-state index in [-0.39, 0.29) is 19.4 Å². The van der Waals surface area contributed by atoms with Crippen molar-refractivity contribution in [1.29, 1.82) is 0 Å². The molecule has 56 heteroatoms. The third-order valence-electron chi connectivity index (χ3n) is 17.0. The third kappa shape index (κ3) is 31.2. The lowest BCUT2D eigenvalue weighted by atomic mass is 10.0. The van der Waals surface area contributed by atoms with Gasteiger partial charge in [-0.25, -0.2) is 19.2 Å². The molecule has 50 nitrogen and oxygen atoms in total. The topological polar surface area (TPSA) is 698 Å². The van der Waals surface area contributed by atoms with Crippen molar-refractivity contribution in [2.75, 3.05) is 141 Å². The number of alkyl carbamates (subject to hydrolysis) is 1. The summed E-state index contributed by atoms with van der Waals surface area (Å²) in [5, 5.41) is 88.5. The second-order valence-corrected chi connectivity index (χ2v) is 27.9. The molecule has 0 spiro atoms. The second-order valence-electron chi connectivity index (χ2n) is 27.9. The fourth-order valence-electron chi connectivity index (χ4n) is 10.8. The molecule has 6 rings (SSSR count). The van der Waals surface area contributed by atoms with Crippen LogP contribution in [0.4, 0.5) is 48.6 Å². The van der Waals surface area contributed by atoms with E-state index >= 15 is 0 Å². The zero-order chi connectivity index (χ0) is 91.2. The maximum atomic E-state index is 14.6. The van der Waals surface area contributed by atoms with Gasteiger partial charge in [0.25, 0.3) is 0 Å². The summed E-state index contributed by atoms with van der Waals surface area (Å²) in [5.74, 6) is -25.2. The number of carbonyl (C=O) groups excluding carboxylic acids is 14. The van der Waals surface area contributed by atoms with Gasteiger partial charge in [-0.15, -0.1) is 0 Å². The Balaban J connectivity index is 0.995. The lowest BCUT2D eigenvalue weighted by Crippen LogP contribution is -2.59. The Morgan fingerprint density at radius 2 is 0.659 bits per heavy atom. The SMILES string of the molecule is CC(C)(C)OC(=O)NCCCC(=O)NC(COCCC(=O)NCC(=O)NCC(=O)NCC(=O)Nc1ccn([C@@H]2O[C@H](CO)[C@@H](O)C2(F)F)c(=O)n1)(COCCC(=O)NCC(=O)NCC(=O)NCC(=O)Nc1ccn([C@@H]2O[C@H](CO)[C@@H](O)C2(F)F)c(=O)n1)COCCC(=O)NCC(=O)NCC(=O)NCC(=O)Nc1ccn([C@@H]2O[C@H](CO)[C@@H](O)C2(F)F)c(=O)n1.